The maximum atomic E-state index is 5.32. The van der Waals surface area contributed by atoms with E-state index in [1.54, 1.807) is 19.1 Å². The van der Waals surface area contributed by atoms with Crippen LogP contribution in [0.25, 0.3) is 0 Å². The van der Waals surface area contributed by atoms with Gasteiger partial charge in [0.15, 0.2) is 0 Å². The number of ether oxygens (including phenoxy) is 1. The fraction of sp³-hybridized carbons (Fsp3) is 0.143. The van der Waals surface area contributed by atoms with Crippen molar-refractivity contribution in [2.24, 2.45) is 0 Å². The highest BCUT2D eigenvalue weighted by Crippen LogP contribution is 2.30. The zero-order chi connectivity index (χ0) is 12.8. The summed E-state index contributed by atoms with van der Waals surface area (Å²) in [5.74, 6) is 0.878. The molecule has 4 heteroatoms. The minimum absolute atomic E-state index is 0.821. The van der Waals surface area contributed by atoms with Gasteiger partial charge < -0.3 is 4.74 Å². The van der Waals surface area contributed by atoms with Gasteiger partial charge in [-0.2, -0.15) is 0 Å². The van der Waals surface area contributed by atoms with Crippen LogP contribution >= 0.6 is 27.9 Å². The number of benzene rings is 2. The molecule has 18 heavy (non-hydrogen) atoms. The molecular formula is C14H14BrNOS. The first-order valence-electron chi connectivity index (χ1n) is 5.57. The van der Waals surface area contributed by atoms with E-state index in [1.165, 1.54) is 5.56 Å². The fourth-order valence-corrected chi connectivity index (χ4v) is 2.87. The molecule has 0 aromatic heterocycles. The molecule has 0 atom stereocenters. The highest BCUT2D eigenvalue weighted by Gasteiger charge is 2.04. The number of hydrogen-bond acceptors (Lipinski definition) is 3. The van der Waals surface area contributed by atoms with Gasteiger partial charge in [0.25, 0.3) is 0 Å². The Hall–Kier alpha value is -0.970. The summed E-state index contributed by atoms with van der Waals surface area (Å²) in [6, 6.07) is 16.3. The molecule has 0 fully saturated rings. The van der Waals surface area contributed by atoms with Gasteiger partial charge in [-0.1, -0.05) is 46.3 Å². The Morgan fingerprint density at radius 3 is 2.67 bits per heavy atom. The molecule has 1 N–H and O–H groups in total. The van der Waals surface area contributed by atoms with Crippen LogP contribution in [0.4, 0.5) is 0 Å². The third-order valence-corrected chi connectivity index (χ3v) is 3.75. The number of hydrogen-bond donors (Lipinski definition) is 1. The van der Waals surface area contributed by atoms with E-state index in [9.17, 15) is 0 Å². The van der Waals surface area contributed by atoms with Crippen molar-refractivity contribution in [2.45, 2.75) is 11.4 Å². The van der Waals surface area contributed by atoms with Gasteiger partial charge in [0.2, 0.25) is 0 Å². The van der Waals surface area contributed by atoms with Crippen molar-refractivity contribution in [3.05, 3.63) is 58.6 Å². The van der Waals surface area contributed by atoms with E-state index in [0.29, 0.717) is 0 Å². The summed E-state index contributed by atoms with van der Waals surface area (Å²) in [4.78, 5) is 1.07. The third-order valence-electron chi connectivity index (χ3n) is 2.43. The molecule has 0 spiro atoms. The van der Waals surface area contributed by atoms with Gasteiger partial charge in [-0.15, -0.1) is 0 Å². The molecule has 0 bridgehead atoms. The van der Waals surface area contributed by atoms with Crippen LogP contribution in [0, 0.1) is 0 Å². The monoisotopic (exact) mass is 323 g/mol. The maximum absolute atomic E-state index is 5.32. The fourth-order valence-electron chi connectivity index (χ4n) is 1.52. The Labute approximate surface area is 120 Å². The molecule has 0 unspecified atom stereocenters. The molecule has 2 aromatic rings. The Kier molecular flexibility index (Phi) is 5.11. The Bertz CT molecular complexity index is 504. The zero-order valence-corrected chi connectivity index (χ0v) is 12.4. The Morgan fingerprint density at radius 1 is 1.17 bits per heavy atom. The van der Waals surface area contributed by atoms with Crippen LogP contribution in [0.1, 0.15) is 5.56 Å². The van der Waals surface area contributed by atoms with Gasteiger partial charge >= 0.3 is 0 Å². The second-order valence-electron chi connectivity index (χ2n) is 3.70. The lowest BCUT2D eigenvalue weighted by Gasteiger charge is -2.09. The quantitative estimate of drug-likeness (QED) is 0.831. The van der Waals surface area contributed by atoms with Gasteiger partial charge in [0.1, 0.15) is 5.75 Å². The maximum Gasteiger partial charge on any atom is 0.133 e. The lowest BCUT2D eigenvalue weighted by molar-refractivity contribution is 0.404. The smallest absolute Gasteiger partial charge is 0.133 e. The van der Waals surface area contributed by atoms with Crippen LogP contribution in [-0.4, -0.2) is 7.11 Å². The van der Waals surface area contributed by atoms with E-state index in [4.69, 9.17) is 4.74 Å². The van der Waals surface area contributed by atoms with Gasteiger partial charge in [0, 0.05) is 11.0 Å². The lowest BCUT2D eigenvalue weighted by Crippen LogP contribution is -2.03. The molecule has 0 aliphatic carbocycles. The third kappa shape index (κ3) is 3.77. The molecule has 0 heterocycles. The molecule has 2 rings (SSSR count). The van der Waals surface area contributed by atoms with Gasteiger partial charge in [0.05, 0.1) is 12.0 Å². The standard InChI is InChI=1S/C14H14BrNOS/c1-17-13-8-7-12(15)9-14(13)18-16-10-11-5-3-2-4-6-11/h2-9,16H,10H2,1H3. The summed E-state index contributed by atoms with van der Waals surface area (Å²) in [5, 5.41) is 0. The Balaban J connectivity index is 1.96. The molecule has 0 aliphatic rings. The second kappa shape index (κ2) is 6.83. The summed E-state index contributed by atoms with van der Waals surface area (Å²) in [5.41, 5.74) is 1.26. The first-order valence-corrected chi connectivity index (χ1v) is 7.17. The van der Waals surface area contributed by atoms with Crippen LogP contribution in [0.2, 0.25) is 0 Å². The van der Waals surface area contributed by atoms with E-state index in [-0.39, 0.29) is 0 Å². The van der Waals surface area contributed by atoms with Crippen molar-refractivity contribution >= 4 is 27.9 Å². The second-order valence-corrected chi connectivity index (χ2v) is 5.55. The number of nitrogens with one attached hydrogen (secondary N) is 1. The summed E-state index contributed by atoms with van der Waals surface area (Å²) in [7, 11) is 1.69. The van der Waals surface area contributed by atoms with Crippen molar-refractivity contribution in [3.63, 3.8) is 0 Å². The number of rotatable bonds is 5. The molecule has 0 aliphatic heterocycles. The predicted molar refractivity (Wildman–Crippen MR) is 79.8 cm³/mol. The van der Waals surface area contributed by atoms with E-state index in [2.05, 4.69) is 32.8 Å². The highest BCUT2D eigenvalue weighted by molar-refractivity contribution is 9.10. The SMILES string of the molecule is COc1ccc(Br)cc1SNCc1ccccc1. The topological polar surface area (TPSA) is 21.3 Å². The number of halogens is 1. The van der Waals surface area contributed by atoms with Crippen LogP contribution < -0.4 is 9.46 Å². The minimum Gasteiger partial charge on any atom is -0.496 e. The zero-order valence-electron chi connectivity index (χ0n) is 10.0. The number of methoxy groups -OCH3 is 1. The van der Waals surface area contributed by atoms with E-state index >= 15 is 0 Å². The van der Waals surface area contributed by atoms with Crippen LogP contribution in [-0.2, 0) is 6.54 Å². The van der Waals surface area contributed by atoms with E-state index in [1.807, 2.05) is 36.4 Å². The largest absolute Gasteiger partial charge is 0.496 e. The first-order chi connectivity index (χ1) is 8.79. The van der Waals surface area contributed by atoms with Crippen molar-refractivity contribution in [1.82, 2.24) is 4.72 Å². The van der Waals surface area contributed by atoms with Crippen molar-refractivity contribution in [2.75, 3.05) is 7.11 Å². The molecule has 2 aromatic carbocycles. The molecule has 0 saturated carbocycles. The van der Waals surface area contributed by atoms with Crippen LogP contribution in [0.3, 0.4) is 0 Å². The minimum atomic E-state index is 0.821. The molecule has 2 nitrogen and oxygen atoms in total. The molecule has 0 amide bonds. The van der Waals surface area contributed by atoms with E-state index < -0.39 is 0 Å². The predicted octanol–water partition coefficient (Wildman–Crippen LogP) is 4.25. The lowest BCUT2D eigenvalue weighted by atomic mass is 10.2. The summed E-state index contributed by atoms with van der Waals surface area (Å²) in [6.45, 7) is 0.821. The van der Waals surface area contributed by atoms with Gasteiger partial charge in [-0.3, -0.25) is 4.72 Å². The van der Waals surface area contributed by atoms with E-state index in [0.717, 1.165) is 21.7 Å². The van der Waals surface area contributed by atoms with Crippen LogP contribution in [0.5, 0.6) is 5.75 Å². The Morgan fingerprint density at radius 2 is 1.94 bits per heavy atom. The van der Waals surface area contributed by atoms with Gasteiger partial charge in [-0.25, -0.2) is 0 Å². The molecule has 0 radical (unpaired) electrons. The first kappa shape index (κ1) is 13.5. The van der Waals surface area contributed by atoms with Gasteiger partial charge in [-0.05, 0) is 35.7 Å². The average Bonchev–Trinajstić information content (AvgIpc) is 2.40. The normalized spacial score (nSPS) is 10.3. The van der Waals surface area contributed by atoms with Crippen molar-refractivity contribution < 1.29 is 4.74 Å². The molecule has 0 saturated heterocycles. The summed E-state index contributed by atoms with van der Waals surface area (Å²) < 4.78 is 9.71. The van der Waals surface area contributed by atoms with Crippen molar-refractivity contribution in [3.8, 4) is 5.75 Å². The van der Waals surface area contributed by atoms with Crippen LogP contribution in [0.15, 0.2) is 57.9 Å². The average molecular weight is 324 g/mol. The molecule has 94 valence electrons. The highest BCUT2D eigenvalue weighted by atomic mass is 79.9. The molecular weight excluding hydrogens is 310 g/mol. The summed E-state index contributed by atoms with van der Waals surface area (Å²) in [6.07, 6.45) is 0. The summed E-state index contributed by atoms with van der Waals surface area (Å²) >= 11 is 5.04. The van der Waals surface area contributed by atoms with Crippen molar-refractivity contribution in [1.29, 1.82) is 0 Å².